The molecule has 2 aromatic heterocycles. The fourth-order valence-corrected chi connectivity index (χ4v) is 3.89. The van der Waals surface area contributed by atoms with E-state index < -0.39 is 0 Å². The summed E-state index contributed by atoms with van der Waals surface area (Å²) in [6.07, 6.45) is 1.67. The molecule has 0 aliphatic carbocycles. The Balaban J connectivity index is 1.60. The lowest BCUT2D eigenvalue weighted by Gasteiger charge is -2.29. The molecule has 0 saturated carbocycles. The molecule has 1 fully saturated rings. The predicted octanol–water partition coefficient (Wildman–Crippen LogP) is 3.16. The number of hydrogen-bond donors (Lipinski definition) is 2. The summed E-state index contributed by atoms with van der Waals surface area (Å²) in [7, 11) is 0. The molecule has 0 bridgehead atoms. The van der Waals surface area contributed by atoms with Crippen LogP contribution in [0.5, 0.6) is 0 Å². The second-order valence-electron chi connectivity index (χ2n) is 7.62. The highest BCUT2D eigenvalue weighted by atomic mass is 35.5. The molecule has 3 aromatic rings. The highest BCUT2D eigenvalue weighted by molar-refractivity contribution is 6.33. The van der Waals surface area contributed by atoms with Gasteiger partial charge in [-0.15, -0.1) is 0 Å². The van der Waals surface area contributed by atoms with Crippen LogP contribution in [0.15, 0.2) is 30.5 Å². The summed E-state index contributed by atoms with van der Waals surface area (Å²) in [6.45, 7) is 7.42. The number of pyridine rings is 1. The Hall–Kier alpha value is -3.13. The number of halogens is 1. The quantitative estimate of drug-likeness (QED) is 0.668. The summed E-state index contributed by atoms with van der Waals surface area (Å²) >= 11 is 6.45. The summed E-state index contributed by atoms with van der Waals surface area (Å²) in [4.78, 5) is 31.1. The van der Waals surface area contributed by atoms with E-state index in [1.54, 1.807) is 29.1 Å². The van der Waals surface area contributed by atoms with E-state index in [9.17, 15) is 9.59 Å². The second-order valence-corrected chi connectivity index (χ2v) is 8.03. The SMILES string of the molecule is Cc1cc(C(=O)Nc2ccc(N3CCNC(=O)C3)c(Cl)c2)c2cnn(C(C)C)c2n1. The number of piperazine rings is 1. The van der Waals surface area contributed by atoms with E-state index >= 15 is 0 Å². The van der Waals surface area contributed by atoms with Crippen molar-refractivity contribution in [3.8, 4) is 0 Å². The van der Waals surface area contributed by atoms with Crippen LogP contribution in [0.3, 0.4) is 0 Å². The molecular formula is C21H23ClN6O2. The highest BCUT2D eigenvalue weighted by Crippen LogP contribution is 2.30. The lowest BCUT2D eigenvalue weighted by atomic mass is 10.1. The zero-order valence-electron chi connectivity index (χ0n) is 17.1. The minimum Gasteiger partial charge on any atom is -0.359 e. The highest BCUT2D eigenvalue weighted by Gasteiger charge is 2.20. The summed E-state index contributed by atoms with van der Waals surface area (Å²) in [5.74, 6) is -0.288. The largest absolute Gasteiger partial charge is 0.359 e. The van der Waals surface area contributed by atoms with Gasteiger partial charge in [0.1, 0.15) is 0 Å². The van der Waals surface area contributed by atoms with Gasteiger partial charge < -0.3 is 15.5 Å². The second kappa shape index (κ2) is 7.95. The number of carbonyl (C=O) groups is 2. The van der Waals surface area contributed by atoms with Crippen LogP contribution in [0.4, 0.5) is 11.4 Å². The van der Waals surface area contributed by atoms with Gasteiger partial charge in [-0.3, -0.25) is 9.59 Å². The average molecular weight is 427 g/mol. The van der Waals surface area contributed by atoms with E-state index in [0.29, 0.717) is 40.4 Å². The van der Waals surface area contributed by atoms with E-state index in [1.807, 2.05) is 31.7 Å². The number of nitrogens with one attached hydrogen (secondary N) is 2. The van der Waals surface area contributed by atoms with Crippen molar-refractivity contribution >= 4 is 45.8 Å². The van der Waals surface area contributed by atoms with E-state index in [4.69, 9.17) is 11.6 Å². The van der Waals surface area contributed by atoms with Crippen LogP contribution in [0.2, 0.25) is 5.02 Å². The van der Waals surface area contributed by atoms with Crippen molar-refractivity contribution in [1.29, 1.82) is 0 Å². The summed E-state index contributed by atoms with van der Waals surface area (Å²) < 4.78 is 1.81. The Morgan fingerprint density at radius 3 is 2.80 bits per heavy atom. The third kappa shape index (κ3) is 3.82. The van der Waals surface area contributed by atoms with Crippen LogP contribution in [0.1, 0.15) is 35.9 Å². The molecule has 156 valence electrons. The Bertz CT molecular complexity index is 1140. The number of amides is 2. The van der Waals surface area contributed by atoms with Gasteiger partial charge in [0.15, 0.2) is 5.65 Å². The number of rotatable bonds is 4. The number of benzene rings is 1. The molecule has 0 atom stereocenters. The third-order valence-corrected chi connectivity index (χ3v) is 5.32. The van der Waals surface area contributed by atoms with Crippen molar-refractivity contribution in [1.82, 2.24) is 20.1 Å². The van der Waals surface area contributed by atoms with Gasteiger partial charge in [0, 0.05) is 30.5 Å². The molecule has 8 nitrogen and oxygen atoms in total. The van der Waals surface area contributed by atoms with Gasteiger partial charge >= 0.3 is 0 Å². The molecule has 3 heterocycles. The van der Waals surface area contributed by atoms with Crippen molar-refractivity contribution in [3.63, 3.8) is 0 Å². The molecule has 30 heavy (non-hydrogen) atoms. The fourth-order valence-electron chi connectivity index (χ4n) is 3.59. The van der Waals surface area contributed by atoms with E-state index in [2.05, 4.69) is 20.7 Å². The van der Waals surface area contributed by atoms with Gasteiger partial charge in [-0.05, 0) is 45.0 Å². The number of nitrogens with zero attached hydrogens (tertiary/aromatic N) is 4. The Labute approximate surface area is 179 Å². The first kappa shape index (κ1) is 20.2. The van der Waals surface area contributed by atoms with Gasteiger partial charge in [0.05, 0.1) is 34.4 Å². The fraction of sp³-hybridized carbons (Fsp3) is 0.333. The van der Waals surface area contributed by atoms with E-state index in [1.165, 1.54) is 0 Å². The molecule has 1 aliphatic rings. The maximum absolute atomic E-state index is 13.0. The van der Waals surface area contributed by atoms with Gasteiger partial charge in [-0.2, -0.15) is 5.10 Å². The molecule has 1 aromatic carbocycles. The van der Waals surface area contributed by atoms with Crippen molar-refractivity contribution in [2.45, 2.75) is 26.8 Å². The van der Waals surface area contributed by atoms with Crippen molar-refractivity contribution < 1.29 is 9.59 Å². The number of anilines is 2. The van der Waals surface area contributed by atoms with Crippen LogP contribution in [-0.4, -0.2) is 46.2 Å². The molecule has 1 saturated heterocycles. The lowest BCUT2D eigenvalue weighted by molar-refractivity contribution is -0.120. The molecule has 9 heteroatoms. The Kier molecular flexibility index (Phi) is 5.34. The van der Waals surface area contributed by atoms with Crippen molar-refractivity contribution in [3.05, 3.63) is 46.7 Å². The van der Waals surface area contributed by atoms with Crippen molar-refractivity contribution in [2.75, 3.05) is 29.9 Å². The zero-order valence-corrected chi connectivity index (χ0v) is 17.8. The van der Waals surface area contributed by atoms with Gasteiger partial charge in [-0.1, -0.05) is 11.6 Å². The maximum Gasteiger partial charge on any atom is 0.256 e. The molecule has 4 rings (SSSR count). The lowest BCUT2D eigenvalue weighted by Crippen LogP contribution is -2.47. The maximum atomic E-state index is 13.0. The predicted molar refractivity (Wildman–Crippen MR) is 117 cm³/mol. The number of aryl methyl sites for hydroxylation is 1. The van der Waals surface area contributed by atoms with Crippen LogP contribution in [0, 0.1) is 6.92 Å². The monoisotopic (exact) mass is 426 g/mol. The normalized spacial score (nSPS) is 14.3. The molecule has 0 unspecified atom stereocenters. The number of fused-ring (bicyclic) bond motifs is 1. The van der Waals surface area contributed by atoms with E-state index in [0.717, 1.165) is 11.4 Å². The smallest absolute Gasteiger partial charge is 0.256 e. The van der Waals surface area contributed by atoms with Crippen LogP contribution in [0.25, 0.3) is 11.0 Å². The Morgan fingerprint density at radius 2 is 2.10 bits per heavy atom. The number of hydrogen-bond acceptors (Lipinski definition) is 5. The molecule has 1 aliphatic heterocycles. The summed E-state index contributed by atoms with van der Waals surface area (Å²) in [5.41, 5.74) is 3.29. The van der Waals surface area contributed by atoms with Gasteiger partial charge in [-0.25, -0.2) is 9.67 Å². The first-order chi connectivity index (χ1) is 14.3. The number of aromatic nitrogens is 3. The van der Waals surface area contributed by atoms with Crippen LogP contribution < -0.4 is 15.5 Å². The van der Waals surface area contributed by atoms with Gasteiger partial charge in [0.25, 0.3) is 5.91 Å². The first-order valence-corrected chi connectivity index (χ1v) is 10.2. The van der Waals surface area contributed by atoms with E-state index in [-0.39, 0.29) is 24.4 Å². The zero-order chi connectivity index (χ0) is 21.4. The summed E-state index contributed by atoms with van der Waals surface area (Å²) in [5, 5.41) is 11.3. The van der Waals surface area contributed by atoms with Gasteiger partial charge in [0.2, 0.25) is 5.91 Å². The topological polar surface area (TPSA) is 92.2 Å². The first-order valence-electron chi connectivity index (χ1n) is 9.81. The molecule has 2 amide bonds. The minimum atomic E-state index is -0.255. The average Bonchev–Trinajstić information content (AvgIpc) is 3.11. The van der Waals surface area contributed by atoms with Crippen molar-refractivity contribution in [2.24, 2.45) is 0 Å². The standard InChI is InChI=1S/C21H23ClN6O2/c1-12(2)28-20-16(10-24-28)15(8-13(3)25-20)21(30)26-14-4-5-18(17(22)9-14)27-7-6-23-19(29)11-27/h4-5,8-10,12H,6-7,11H2,1-3H3,(H,23,29)(H,26,30). The summed E-state index contributed by atoms with van der Waals surface area (Å²) in [6, 6.07) is 7.20. The molecular weight excluding hydrogens is 404 g/mol. The molecule has 0 spiro atoms. The molecule has 0 radical (unpaired) electrons. The van der Waals surface area contributed by atoms with Crippen LogP contribution >= 0.6 is 11.6 Å². The minimum absolute atomic E-state index is 0.0336. The Morgan fingerprint density at radius 1 is 1.30 bits per heavy atom. The molecule has 2 N–H and O–H groups in total. The third-order valence-electron chi connectivity index (χ3n) is 5.01. The number of carbonyl (C=O) groups excluding carboxylic acids is 2. The van der Waals surface area contributed by atoms with Crippen LogP contribution in [-0.2, 0) is 4.79 Å².